The number of carbonyl (C=O) groups excluding carboxylic acids is 1. The van der Waals surface area contributed by atoms with Gasteiger partial charge in [-0.3, -0.25) is 14.3 Å². The van der Waals surface area contributed by atoms with Gasteiger partial charge in [0.15, 0.2) is 5.78 Å². The zero-order valence-corrected chi connectivity index (χ0v) is 17.2. The molecule has 0 spiro atoms. The number of carbonyl (C=O) groups is 1. The van der Waals surface area contributed by atoms with Crippen LogP contribution in [0.4, 0.5) is 0 Å². The van der Waals surface area contributed by atoms with E-state index in [1.54, 1.807) is 38.4 Å². The van der Waals surface area contributed by atoms with Gasteiger partial charge >= 0.3 is 8.25 Å². The lowest BCUT2D eigenvalue weighted by Crippen LogP contribution is -2.00. The number of aromatic nitrogens is 1. The lowest BCUT2D eigenvalue weighted by molar-refractivity contribution is 0.0981. The minimum absolute atomic E-state index is 0.0595. The Labute approximate surface area is 151 Å². The molecule has 9 heteroatoms. The molecule has 1 unspecified atom stereocenters. The van der Waals surface area contributed by atoms with Crippen LogP contribution >= 0.6 is 16.1 Å². The van der Waals surface area contributed by atoms with Gasteiger partial charge in [0.25, 0.3) is 0 Å². The molecular weight excluding hydrogens is 364 g/mol. The first-order valence-electron chi connectivity index (χ1n) is 8.37. The summed E-state index contributed by atoms with van der Waals surface area (Å²) in [4.78, 5) is 15.6. The monoisotopic (exact) mass is 393 g/mol. The van der Waals surface area contributed by atoms with Crippen LogP contribution in [-0.4, -0.2) is 43.1 Å². The number of ether oxygens (including phenoxy) is 1. The van der Waals surface area contributed by atoms with Gasteiger partial charge in [-0.05, 0) is 39.3 Å². The second kappa shape index (κ2) is 16.6. The molecule has 25 heavy (non-hydrogen) atoms. The number of rotatable bonds is 12. The van der Waals surface area contributed by atoms with E-state index in [1.165, 1.54) is 0 Å². The fraction of sp³-hybridized carbons (Fsp3) is 0.625. The van der Waals surface area contributed by atoms with E-state index >= 15 is 0 Å². The van der Waals surface area contributed by atoms with Crippen LogP contribution in [0.3, 0.4) is 0 Å². The molecule has 0 fully saturated rings. The summed E-state index contributed by atoms with van der Waals surface area (Å²) >= 11 is 0. The van der Waals surface area contributed by atoms with Gasteiger partial charge < -0.3 is 18.3 Å². The van der Waals surface area contributed by atoms with Crippen molar-refractivity contribution in [2.45, 2.75) is 33.6 Å². The van der Waals surface area contributed by atoms with Crippen LogP contribution in [0.1, 0.15) is 44.0 Å². The first-order chi connectivity index (χ1) is 12.0. The number of ketones is 1. The first kappa shape index (κ1) is 24.2. The fourth-order valence-corrected chi connectivity index (χ4v) is 3.39. The molecule has 0 radical (unpaired) electrons. The smallest absolute Gasteiger partial charge is 0.319 e. The first-order valence-corrected chi connectivity index (χ1v) is 11.4. The quantitative estimate of drug-likeness (QED) is 0.391. The third-order valence-corrected chi connectivity index (χ3v) is 5.32. The average Bonchev–Trinajstić information content (AvgIpc) is 2.61. The van der Waals surface area contributed by atoms with Crippen molar-refractivity contribution in [1.82, 2.24) is 4.98 Å². The highest BCUT2D eigenvalue weighted by Gasteiger charge is 2.06. The molecule has 7 nitrogen and oxygen atoms in total. The summed E-state index contributed by atoms with van der Waals surface area (Å²) < 4.78 is 36.1. The number of Topliss-reactive ketones (excluding diaryl/α,β-unsaturated/α-hetero) is 1. The molecule has 0 N–H and O–H groups in total. The summed E-state index contributed by atoms with van der Waals surface area (Å²) in [6, 6.07) is 3.49. The van der Waals surface area contributed by atoms with Gasteiger partial charge in [0.05, 0.1) is 19.6 Å². The van der Waals surface area contributed by atoms with Gasteiger partial charge in [-0.1, -0.05) is 0 Å². The van der Waals surface area contributed by atoms with Gasteiger partial charge in [0.2, 0.25) is 0 Å². The number of pyridine rings is 1. The van der Waals surface area contributed by atoms with Crippen LogP contribution in [-0.2, 0) is 22.9 Å². The summed E-state index contributed by atoms with van der Waals surface area (Å²) in [5, 5.41) is 0. The maximum absolute atomic E-state index is 11.7. The highest BCUT2D eigenvalue weighted by Crippen LogP contribution is 2.22. The molecule has 1 aromatic heterocycles. The van der Waals surface area contributed by atoms with Crippen molar-refractivity contribution in [1.29, 1.82) is 0 Å². The minimum atomic E-state index is -2.14. The predicted molar refractivity (Wildman–Crippen MR) is 100 cm³/mol. The third kappa shape index (κ3) is 14.1. The SMILES string of the molecule is CCOC[PH](=O)CCCC(=O)c1cccnc1.CCO[PH](=O)OCC. The lowest BCUT2D eigenvalue weighted by Gasteiger charge is -2.02. The molecule has 144 valence electrons. The molecule has 0 aliphatic rings. The van der Waals surface area contributed by atoms with Crippen molar-refractivity contribution in [2.75, 3.05) is 32.3 Å². The Morgan fingerprint density at radius 2 is 1.80 bits per heavy atom. The van der Waals surface area contributed by atoms with Crippen LogP contribution < -0.4 is 0 Å². The van der Waals surface area contributed by atoms with Crippen LogP contribution in [0.15, 0.2) is 24.5 Å². The van der Waals surface area contributed by atoms with Crippen molar-refractivity contribution < 1.29 is 27.7 Å². The van der Waals surface area contributed by atoms with E-state index in [-0.39, 0.29) is 5.78 Å². The maximum atomic E-state index is 11.7. The molecule has 0 saturated carbocycles. The van der Waals surface area contributed by atoms with E-state index < -0.39 is 16.1 Å². The highest BCUT2D eigenvalue weighted by molar-refractivity contribution is 7.44. The Morgan fingerprint density at radius 1 is 1.12 bits per heavy atom. The largest absolute Gasteiger partial charge is 0.374 e. The minimum Gasteiger partial charge on any atom is -0.374 e. The van der Waals surface area contributed by atoms with E-state index in [9.17, 15) is 13.9 Å². The second-order valence-electron chi connectivity index (χ2n) is 4.81. The standard InChI is InChI=1S/C12H18NO3P.C4H11O3P/c1-2-16-10-17(15)8-4-6-12(14)11-5-3-7-13-9-11;1-3-6-8(5)7-4-2/h3,5,7,9,17H,2,4,6,8,10H2,1H3;8H,3-4H2,1-2H3. The van der Waals surface area contributed by atoms with Gasteiger partial charge in [0.1, 0.15) is 7.80 Å². The summed E-state index contributed by atoms with van der Waals surface area (Å²) in [5.41, 5.74) is 0.622. The zero-order chi connectivity index (χ0) is 18.9. The van der Waals surface area contributed by atoms with E-state index in [1.807, 2.05) is 6.92 Å². The molecule has 1 rings (SSSR count). The average molecular weight is 393 g/mol. The lowest BCUT2D eigenvalue weighted by atomic mass is 10.1. The molecule has 0 bridgehead atoms. The van der Waals surface area contributed by atoms with Crippen LogP contribution in [0.25, 0.3) is 0 Å². The molecule has 0 aliphatic carbocycles. The maximum Gasteiger partial charge on any atom is 0.319 e. The Morgan fingerprint density at radius 3 is 2.32 bits per heavy atom. The number of hydrogen-bond donors (Lipinski definition) is 0. The fourth-order valence-electron chi connectivity index (χ4n) is 1.68. The zero-order valence-electron chi connectivity index (χ0n) is 15.2. The molecule has 1 aromatic rings. The third-order valence-electron chi connectivity index (χ3n) is 2.83. The molecule has 0 saturated heterocycles. The van der Waals surface area contributed by atoms with Crippen molar-refractivity contribution in [3.63, 3.8) is 0 Å². The van der Waals surface area contributed by atoms with Gasteiger partial charge in [-0.15, -0.1) is 0 Å². The van der Waals surface area contributed by atoms with E-state index in [2.05, 4.69) is 14.0 Å². The molecule has 0 aromatic carbocycles. The molecular formula is C16H29NO6P2. The molecule has 0 aliphatic heterocycles. The molecule has 1 atom stereocenters. The van der Waals surface area contributed by atoms with Crippen molar-refractivity contribution in [2.24, 2.45) is 0 Å². The van der Waals surface area contributed by atoms with Crippen molar-refractivity contribution in [3.8, 4) is 0 Å². The Balaban J connectivity index is 0.000000609. The van der Waals surface area contributed by atoms with E-state index in [4.69, 9.17) is 4.74 Å². The van der Waals surface area contributed by atoms with E-state index in [0.29, 0.717) is 50.7 Å². The number of nitrogens with zero attached hydrogens (tertiary/aromatic N) is 1. The normalized spacial score (nSPS) is 11.7. The van der Waals surface area contributed by atoms with Crippen molar-refractivity contribution in [3.05, 3.63) is 30.1 Å². The van der Waals surface area contributed by atoms with Gasteiger partial charge in [-0.25, -0.2) is 0 Å². The summed E-state index contributed by atoms with van der Waals surface area (Å²) in [6.07, 6.45) is 5.19. The highest BCUT2D eigenvalue weighted by atomic mass is 31.1. The Hall–Kier alpha value is -0.840. The Bertz CT molecular complexity index is 505. The molecule has 1 heterocycles. The van der Waals surface area contributed by atoms with Crippen LogP contribution in [0, 0.1) is 0 Å². The van der Waals surface area contributed by atoms with Gasteiger partial charge in [-0.2, -0.15) is 0 Å². The Kier molecular flexibility index (Phi) is 16.1. The van der Waals surface area contributed by atoms with Crippen LogP contribution in [0.2, 0.25) is 0 Å². The topological polar surface area (TPSA) is 91.8 Å². The second-order valence-corrected chi connectivity index (χ2v) is 7.75. The van der Waals surface area contributed by atoms with Gasteiger partial charge in [0, 0.05) is 37.1 Å². The number of hydrogen-bond acceptors (Lipinski definition) is 7. The van der Waals surface area contributed by atoms with E-state index in [0.717, 1.165) is 0 Å². The molecule has 0 amide bonds. The van der Waals surface area contributed by atoms with Crippen molar-refractivity contribution >= 4 is 21.8 Å². The predicted octanol–water partition coefficient (Wildman–Crippen LogP) is 4.05. The summed E-state index contributed by atoms with van der Waals surface area (Å²) in [6.45, 7) is 6.94. The van der Waals surface area contributed by atoms with Crippen LogP contribution in [0.5, 0.6) is 0 Å². The summed E-state index contributed by atoms with van der Waals surface area (Å²) in [5.74, 6) is 0.0595. The summed E-state index contributed by atoms with van der Waals surface area (Å²) in [7, 11) is -3.81.